The van der Waals surface area contributed by atoms with E-state index in [4.69, 9.17) is 4.99 Å². The summed E-state index contributed by atoms with van der Waals surface area (Å²) in [5.74, 6) is 0. The smallest absolute Gasteiger partial charge is 0.0439 e. The van der Waals surface area contributed by atoms with Gasteiger partial charge in [0.15, 0.2) is 0 Å². The molecule has 0 radical (unpaired) electrons. The zero-order valence-electron chi connectivity index (χ0n) is 19.3. The second-order valence-electron chi connectivity index (χ2n) is 8.92. The number of benzene rings is 1. The highest BCUT2D eigenvalue weighted by Crippen LogP contribution is 2.32. The monoisotopic (exact) mass is 380 g/mol. The number of aliphatic imine (C=N–C) groups is 1. The number of nitrogens with zero attached hydrogens (tertiary/aromatic N) is 1. The highest BCUT2D eigenvalue weighted by molar-refractivity contribution is 5.57. The van der Waals surface area contributed by atoms with Gasteiger partial charge >= 0.3 is 0 Å². The van der Waals surface area contributed by atoms with Crippen LogP contribution in [0, 0.1) is 12.3 Å². The number of hydrogen-bond donors (Lipinski definition) is 1. The van der Waals surface area contributed by atoms with Crippen LogP contribution in [0.2, 0.25) is 0 Å². The Hall–Kier alpha value is -1.93. The summed E-state index contributed by atoms with van der Waals surface area (Å²) in [6.45, 7) is 19.7. The van der Waals surface area contributed by atoms with Gasteiger partial charge in [-0.05, 0) is 87.3 Å². The fourth-order valence-corrected chi connectivity index (χ4v) is 3.27. The van der Waals surface area contributed by atoms with Gasteiger partial charge in [-0.3, -0.25) is 4.99 Å². The number of hydrogen-bond acceptors (Lipinski definition) is 2. The van der Waals surface area contributed by atoms with Crippen LogP contribution < -0.4 is 5.32 Å². The van der Waals surface area contributed by atoms with Crippen LogP contribution in [-0.4, -0.2) is 19.3 Å². The first kappa shape index (κ1) is 24.1. The lowest BCUT2D eigenvalue weighted by Gasteiger charge is -2.24. The van der Waals surface area contributed by atoms with Gasteiger partial charge < -0.3 is 5.32 Å². The van der Waals surface area contributed by atoms with Crippen molar-refractivity contribution in [3.05, 3.63) is 64.4 Å². The minimum atomic E-state index is 0.180. The SMILES string of the molecule is C=C(Cc1ccc(C)c(/C=C\C)c1)/C(CC(C)NC)=C(/CC(C)(C)C)N=CC. The third kappa shape index (κ3) is 7.98. The van der Waals surface area contributed by atoms with Crippen molar-refractivity contribution in [1.82, 2.24) is 5.32 Å². The van der Waals surface area contributed by atoms with Gasteiger partial charge in [0.25, 0.3) is 0 Å². The van der Waals surface area contributed by atoms with Crippen molar-refractivity contribution in [3.8, 4) is 0 Å². The molecule has 0 aliphatic rings. The molecule has 1 aromatic carbocycles. The van der Waals surface area contributed by atoms with Crippen LogP contribution in [0.4, 0.5) is 0 Å². The van der Waals surface area contributed by atoms with Crippen molar-refractivity contribution < 1.29 is 0 Å². The van der Waals surface area contributed by atoms with Crippen LogP contribution in [0.15, 0.2) is 52.7 Å². The van der Waals surface area contributed by atoms with Gasteiger partial charge in [0, 0.05) is 18.0 Å². The van der Waals surface area contributed by atoms with E-state index in [2.05, 4.69) is 83.8 Å². The lowest BCUT2D eigenvalue weighted by molar-refractivity contribution is 0.405. The van der Waals surface area contributed by atoms with Crippen molar-refractivity contribution >= 4 is 12.3 Å². The van der Waals surface area contributed by atoms with E-state index in [1.807, 2.05) is 20.2 Å². The van der Waals surface area contributed by atoms with Gasteiger partial charge in [-0.2, -0.15) is 0 Å². The Balaban J connectivity index is 3.31. The summed E-state index contributed by atoms with van der Waals surface area (Å²) in [6, 6.07) is 7.09. The molecule has 0 aromatic heterocycles. The lowest BCUT2D eigenvalue weighted by Crippen LogP contribution is -2.23. The molecule has 2 nitrogen and oxygen atoms in total. The summed E-state index contributed by atoms with van der Waals surface area (Å²) in [6.07, 6.45) is 8.91. The zero-order valence-corrected chi connectivity index (χ0v) is 19.3. The molecule has 154 valence electrons. The van der Waals surface area contributed by atoms with Crippen LogP contribution in [0.1, 0.15) is 71.1 Å². The maximum Gasteiger partial charge on any atom is 0.0439 e. The van der Waals surface area contributed by atoms with Gasteiger partial charge in [0.2, 0.25) is 0 Å². The summed E-state index contributed by atoms with van der Waals surface area (Å²) in [7, 11) is 2.01. The number of nitrogens with one attached hydrogen (secondary N) is 1. The van der Waals surface area contributed by atoms with E-state index in [-0.39, 0.29) is 5.41 Å². The lowest BCUT2D eigenvalue weighted by atomic mass is 9.85. The topological polar surface area (TPSA) is 24.4 Å². The fraction of sp³-hybridized carbons (Fsp3) is 0.500. The van der Waals surface area contributed by atoms with E-state index in [1.54, 1.807) is 0 Å². The molecule has 0 saturated carbocycles. The Bertz CT molecular complexity index is 742. The average molecular weight is 381 g/mol. The standard InChI is InChI=1S/C26H40N2/c1-10-12-23-17-22(14-13-19(23)3)15-20(4)24(16-21(5)27-9)25(28-11-2)18-26(6,7)8/h10-14,17,21,27H,4,15-16,18H2,1-3,5-9H3/b12-10-,25-24-,28-11?. The maximum absolute atomic E-state index is 4.78. The van der Waals surface area contributed by atoms with E-state index >= 15 is 0 Å². The van der Waals surface area contributed by atoms with Gasteiger partial charge in [0.05, 0.1) is 0 Å². The summed E-state index contributed by atoms with van der Waals surface area (Å²) in [5.41, 5.74) is 7.70. The van der Waals surface area contributed by atoms with Crippen LogP contribution in [0.3, 0.4) is 0 Å². The number of allylic oxidation sites excluding steroid dienone is 3. The number of aryl methyl sites for hydroxylation is 1. The molecule has 1 rings (SSSR count). The van der Waals surface area contributed by atoms with Gasteiger partial charge in [-0.25, -0.2) is 0 Å². The quantitative estimate of drug-likeness (QED) is 0.365. The third-order valence-electron chi connectivity index (χ3n) is 4.87. The molecule has 1 aromatic rings. The second kappa shape index (κ2) is 11.2. The Labute approximate surface area is 173 Å². The molecule has 0 amide bonds. The number of rotatable bonds is 9. The molecule has 0 fully saturated rings. The van der Waals surface area contributed by atoms with Crippen LogP contribution in [0.5, 0.6) is 0 Å². The summed E-state index contributed by atoms with van der Waals surface area (Å²) >= 11 is 0. The van der Waals surface area contributed by atoms with E-state index in [0.717, 1.165) is 19.3 Å². The van der Waals surface area contributed by atoms with Gasteiger partial charge in [0.1, 0.15) is 0 Å². The molecule has 1 atom stereocenters. The van der Waals surface area contributed by atoms with E-state index in [0.29, 0.717) is 6.04 Å². The Morgan fingerprint density at radius 1 is 1.25 bits per heavy atom. The Morgan fingerprint density at radius 3 is 2.46 bits per heavy atom. The maximum atomic E-state index is 4.78. The fourth-order valence-electron chi connectivity index (χ4n) is 3.27. The molecule has 0 spiro atoms. The molecular formula is C26H40N2. The Morgan fingerprint density at radius 2 is 1.93 bits per heavy atom. The Kier molecular flexibility index (Phi) is 9.61. The largest absolute Gasteiger partial charge is 0.317 e. The van der Waals surface area contributed by atoms with Crippen LogP contribution in [0.25, 0.3) is 6.08 Å². The van der Waals surface area contributed by atoms with Crippen molar-refractivity contribution in [2.45, 2.75) is 73.8 Å². The van der Waals surface area contributed by atoms with Crippen LogP contribution in [-0.2, 0) is 6.42 Å². The van der Waals surface area contributed by atoms with Gasteiger partial charge in [-0.1, -0.05) is 57.7 Å². The predicted molar refractivity (Wildman–Crippen MR) is 127 cm³/mol. The van der Waals surface area contributed by atoms with Crippen LogP contribution >= 0.6 is 0 Å². The second-order valence-corrected chi connectivity index (χ2v) is 8.92. The van der Waals surface area contributed by atoms with E-state index in [9.17, 15) is 0 Å². The first-order valence-electron chi connectivity index (χ1n) is 10.4. The molecule has 0 aliphatic carbocycles. The first-order valence-corrected chi connectivity index (χ1v) is 10.4. The highest BCUT2D eigenvalue weighted by Gasteiger charge is 2.19. The van der Waals surface area contributed by atoms with Crippen molar-refractivity contribution in [2.24, 2.45) is 10.4 Å². The third-order valence-corrected chi connectivity index (χ3v) is 4.87. The van der Waals surface area contributed by atoms with Crippen molar-refractivity contribution in [2.75, 3.05) is 7.05 Å². The minimum Gasteiger partial charge on any atom is -0.317 e. The summed E-state index contributed by atoms with van der Waals surface area (Å²) < 4.78 is 0. The summed E-state index contributed by atoms with van der Waals surface area (Å²) in [4.78, 5) is 4.78. The van der Waals surface area contributed by atoms with Crippen molar-refractivity contribution in [1.29, 1.82) is 0 Å². The van der Waals surface area contributed by atoms with E-state index < -0.39 is 0 Å². The zero-order chi connectivity index (χ0) is 21.3. The highest BCUT2D eigenvalue weighted by atomic mass is 14.9. The predicted octanol–water partition coefficient (Wildman–Crippen LogP) is 6.91. The molecular weight excluding hydrogens is 340 g/mol. The first-order chi connectivity index (χ1) is 13.1. The molecule has 0 aliphatic heterocycles. The molecule has 1 unspecified atom stereocenters. The molecule has 28 heavy (non-hydrogen) atoms. The van der Waals surface area contributed by atoms with Gasteiger partial charge in [-0.15, -0.1) is 0 Å². The molecule has 1 N–H and O–H groups in total. The normalized spacial score (nSPS) is 14.6. The molecule has 0 bridgehead atoms. The molecule has 2 heteroatoms. The average Bonchev–Trinajstić information content (AvgIpc) is 2.61. The molecule has 0 heterocycles. The minimum absolute atomic E-state index is 0.180. The van der Waals surface area contributed by atoms with E-state index in [1.165, 1.54) is 33.5 Å². The summed E-state index contributed by atoms with van der Waals surface area (Å²) in [5, 5.41) is 3.37. The van der Waals surface area contributed by atoms with Crippen molar-refractivity contribution in [3.63, 3.8) is 0 Å². The molecule has 0 saturated heterocycles.